The maximum absolute atomic E-state index is 14.6. The van der Waals surface area contributed by atoms with Crippen molar-refractivity contribution in [3.63, 3.8) is 0 Å². The highest BCUT2D eigenvalue weighted by atomic mass is 19.3. The Morgan fingerprint density at radius 3 is 2.56 bits per heavy atom. The molecule has 32 heavy (non-hydrogen) atoms. The van der Waals surface area contributed by atoms with E-state index >= 15 is 0 Å². The van der Waals surface area contributed by atoms with E-state index in [4.69, 9.17) is 0 Å². The summed E-state index contributed by atoms with van der Waals surface area (Å²) in [6.45, 7) is 12.1. The molecular formula is C27H42F2O3. The van der Waals surface area contributed by atoms with Gasteiger partial charge in [-0.2, -0.15) is 8.78 Å². The van der Waals surface area contributed by atoms with Crippen molar-refractivity contribution in [2.45, 2.75) is 109 Å². The van der Waals surface area contributed by atoms with Crippen LogP contribution < -0.4 is 0 Å². The van der Waals surface area contributed by atoms with Crippen LogP contribution in [0.2, 0.25) is 0 Å². The fraction of sp³-hybridized carbons (Fsp3) is 0.778. The van der Waals surface area contributed by atoms with Gasteiger partial charge in [0.25, 0.3) is 5.92 Å². The largest absolute Gasteiger partial charge is 0.390 e. The Bertz CT molecular complexity index is 763. The first kappa shape index (κ1) is 25.6. The summed E-state index contributed by atoms with van der Waals surface area (Å²) in [4.78, 5) is 0. The van der Waals surface area contributed by atoms with Gasteiger partial charge in [-0.05, 0) is 81.1 Å². The van der Waals surface area contributed by atoms with Gasteiger partial charge in [-0.15, -0.1) is 0 Å². The molecule has 3 aliphatic rings. The summed E-state index contributed by atoms with van der Waals surface area (Å²) in [7, 11) is 0. The number of hydrogen-bond donors (Lipinski definition) is 3. The molecule has 182 valence electrons. The molecule has 0 amide bonds. The quantitative estimate of drug-likeness (QED) is 0.467. The first-order valence-electron chi connectivity index (χ1n) is 12.3. The monoisotopic (exact) mass is 452 g/mol. The van der Waals surface area contributed by atoms with Gasteiger partial charge in [-0.25, -0.2) is 0 Å². The van der Waals surface area contributed by atoms with Crippen molar-refractivity contribution in [2.24, 2.45) is 23.2 Å². The predicted molar refractivity (Wildman–Crippen MR) is 124 cm³/mol. The zero-order valence-corrected chi connectivity index (χ0v) is 20.2. The lowest BCUT2D eigenvalue weighted by molar-refractivity contribution is -0.103. The van der Waals surface area contributed by atoms with Gasteiger partial charge >= 0.3 is 0 Å². The number of aliphatic hydroxyl groups excluding tert-OH is 2. The second-order valence-corrected chi connectivity index (χ2v) is 11.5. The van der Waals surface area contributed by atoms with Gasteiger partial charge in [-0.3, -0.25) is 0 Å². The average molecular weight is 453 g/mol. The molecule has 3 rings (SSSR count). The molecule has 5 heteroatoms. The maximum atomic E-state index is 14.6. The van der Waals surface area contributed by atoms with E-state index in [2.05, 4.69) is 20.4 Å². The van der Waals surface area contributed by atoms with E-state index in [9.17, 15) is 24.1 Å². The van der Waals surface area contributed by atoms with Gasteiger partial charge in [0.15, 0.2) is 0 Å². The molecule has 3 N–H and O–H groups in total. The average Bonchev–Trinajstić information content (AvgIpc) is 3.03. The Balaban J connectivity index is 1.77. The highest BCUT2D eigenvalue weighted by Gasteiger charge is 2.51. The van der Waals surface area contributed by atoms with Gasteiger partial charge in [0.05, 0.1) is 11.7 Å². The number of alkyl halides is 2. The third kappa shape index (κ3) is 5.05. The summed E-state index contributed by atoms with van der Waals surface area (Å²) in [5, 5.41) is 29.9. The van der Waals surface area contributed by atoms with Crippen molar-refractivity contribution in [3.05, 3.63) is 35.5 Å². The van der Waals surface area contributed by atoms with E-state index in [1.165, 1.54) is 11.6 Å². The Hall–Kier alpha value is -1.04. The number of allylic oxidation sites excluding steroid dienone is 3. The maximum Gasteiger partial charge on any atom is 0.298 e. The molecular weight excluding hydrogens is 410 g/mol. The van der Waals surface area contributed by atoms with E-state index in [1.807, 2.05) is 19.9 Å². The van der Waals surface area contributed by atoms with Crippen LogP contribution in [0.25, 0.3) is 0 Å². The summed E-state index contributed by atoms with van der Waals surface area (Å²) >= 11 is 0. The number of fused-ring (bicyclic) bond motifs is 1. The smallest absolute Gasteiger partial charge is 0.298 e. The number of aliphatic hydroxyl groups is 3. The molecule has 0 aromatic carbocycles. The van der Waals surface area contributed by atoms with E-state index in [-0.39, 0.29) is 23.0 Å². The third-order valence-corrected chi connectivity index (χ3v) is 8.61. The zero-order chi connectivity index (χ0) is 23.9. The first-order valence-corrected chi connectivity index (χ1v) is 12.3. The molecule has 0 heterocycles. The normalized spacial score (nSPS) is 38.8. The van der Waals surface area contributed by atoms with Crippen LogP contribution in [0.1, 0.15) is 85.5 Å². The number of hydrogen-bond acceptors (Lipinski definition) is 3. The number of rotatable bonds is 6. The van der Waals surface area contributed by atoms with Crippen molar-refractivity contribution in [3.8, 4) is 0 Å². The zero-order valence-electron chi connectivity index (χ0n) is 20.2. The molecule has 3 nitrogen and oxygen atoms in total. The van der Waals surface area contributed by atoms with Crippen LogP contribution >= 0.6 is 0 Å². The lowest BCUT2D eigenvalue weighted by atomic mass is 9.60. The fourth-order valence-electron chi connectivity index (χ4n) is 6.76. The van der Waals surface area contributed by atoms with E-state index in [1.54, 1.807) is 0 Å². The molecule has 3 fully saturated rings. The predicted octanol–water partition coefficient (Wildman–Crippen LogP) is 5.95. The Labute approximate surface area is 192 Å². The summed E-state index contributed by atoms with van der Waals surface area (Å²) in [6, 6.07) is 0. The molecule has 2 unspecified atom stereocenters. The lowest BCUT2D eigenvalue weighted by Crippen LogP contribution is -2.44. The van der Waals surface area contributed by atoms with E-state index < -0.39 is 23.7 Å². The standard InChI is InChI=1S/C27H42F2O3/c1-17(8-6-14-25(3,4)32)20-12-13-22-19(9-7-15-26(20,22)5)10-11-21-18(2)23(30)16-24(31)27(21,28)29/h10-11,17,20,22-24,30-32H,2,6-9,12-16H2,1,3-5H3/b19-10+,21-11+/t17-,20?,22?,23+,24+,26-/m1/s1. The molecule has 6 atom stereocenters. The molecule has 3 saturated carbocycles. The van der Waals surface area contributed by atoms with Crippen LogP contribution in [0.5, 0.6) is 0 Å². The molecule has 0 saturated heterocycles. The SMILES string of the molecule is C=C1/C(=C\C=C2/CCC[C@@]3(C)C2CCC3[C@H](C)CCCC(C)(C)O)C(F)(F)[C@@H](O)C[C@@H]1O. The minimum atomic E-state index is -3.39. The van der Waals surface area contributed by atoms with Crippen molar-refractivity contribution in [1.29, 1.82) is 0 Å². The fourth-order valence-corrected chi connectivity index (χ4v) is 6.76. The van der Waals surface area contributed by atoms with Gasteiger partial charge in [0.2, 0.25) is 0 Å². The second kappa shape index (κ2) is 9.31. The summed E-state index contributed by atoms with van der Waals surface area (Å²) in [5.74, 6) is -1.84. The van der Waals surface area contributed by atoms with Crippen molar-refractivity contribution in [2.75, 3.05) is 0 Å². The van der Waals surface area contributed by atoms with Gasteiger partial charge in [0.1, 0.15) is 6.10 Å². The van der Waals surface area contributed by atoms with Crippen molar-refractivity contribution < 1.29 is 24.1 Å². The molecule has 0 radical (unpaired) electrons. The molecule has 3 aliphatic carbocycles. The van der Waals surface area contributed by atoms with Gasteiger partial charge in [0, 0.05) is 12.0 Å². The summed E-state index contributed by atoms with van der Waals surface area (Å²) < 4.78 is 29.2. The topological polar surface area (TPSA) is 60.7 Å². The van der Waals surface area contributed by atoms with E-state index in [0.717, 1.165) is 51.4 Å². The van der Waals surface area contributed by atoms with Crippen LogP contribution in [0.4, 0.5) is 8.78 Å². The van der Waals surface area contributed by atoms with Gasteiger partial charge in [-0.1, -0.05) is 51.0 Å². The highest BCUT2D eigenvalue weighted by Crippen LogP contribution is 2.60. The second-order valence-electron chi connectivity index (χ2n) is 11.5. The van der Waals surface area contributed by atoms with Crippen LogP contribution in [-0.4, -0.2) is 39.1 Å². The minimum absolute atomic E-state index is 0.0143. The molecule has 0 aliphatic heterocycles. The molecule has 0 aromatic rings. The van der Waals surface area contributed by atoms with Crippen LogP contribution in [-0.2, 0) is 0 Å². The summed E-state index contributed by atoms with van der Waals surface area (Å²) in [6.07, 6.45) is 8.12. The molecule has 0 aromatic heterocycles. The molecule has 0 bridgehead atoms. The molecule has 0 spiro atoms. The third-order valence-electron chi connectivity index (χ3n) is 8.61. The van der Waals surface area contributed by atoms with Crippen LogP contribution in [0.3, 0.4) is 0 Å². The first-order chi connectivity index (χ1) is 14.8. The Morgan fingerprint density at radius 1 is 1.22 bits per heavy atom. The Morgan fingerprint density at radius 2 is 1.91 bits per heavy atom. The Kier molecular flexibility index (Phi) is 7.44. The van der Waals surface area contributed by atoms with E-state index in [0.29, 0.717) is 17.8 Å². The van der Waals surface area contributed by atoms with Crippen molar-refractivity contribution in [1.82, 2.24) is 0 Å². The van der Waals surface area contributed by atoms with Gasteiger partial charge < -0.3 is 15.3 Å². The van der Waals surface area contributed by atoms with Crippen molar-refractivity contribution >= 4 is 0 Å². The van der Waals surface area contributed by atoms with Crippen LogP contribution in [0.15, 0.2) is 35.5 Å². The minimum Gasteiger partial charge on any atom is -0.390 e. The lowest BCUT2D eigenvalue weighted by Gasteiger charge is -2.44. The highest BCUT2D eigenvalue weighted by molar-refractivity contribution is 5.44. The van der Waals surface area contributed by atoms with Crippen LogP contribution in [0, 0.1) is 23.2 Å². The number of halogens is 2. The summed E-state index contributed by atoms with van der Waals surface area (Å²) in [5.41, 5.74) is 0.443.